The zero-order chi connectivity index (χ0) is 14.7. The van der Waals surface area contributed by atoms with Crippen molar-refractivity contribution in [3.63, 3.8) is 0 Å². The van der Waals surface area contributed by atoms with Crippen LogP contribution in [-0.2, 0) is 12.8 Å². The molecule has 2 rings (SSSR count). The number of aliphatic hydroxyl groups is 1. The first-order chi connectivity index (χ1) is 9.45. The molecule has 0 aliphatic heterocycles. The highest BCUT2D eigenvalue weighted by atomic mass is 35.5. The predicted octanol–water partition coefficient (Wildman–Crippen LogP) is 4.76. The first kappa shape index (κ1) is 15.4. The molecule has 0 aliphatic rings. The highest BCUT2D eigenvalue weighted by molar-refractivity contribution is 6.33. The molecule has 0 saturated heterocycles. The van der Waals surface area contributed by atoms with Crippen molar-refractivity contribution in [3.05, 3.63) is 68.7 Å². The van der Waals surface area contributed by atoms with Crippen molar-refractivity contribution in [1.29, 1.82) is 0 Å². The van der Waals surface area contributed by atoms with Crippen molar-refractivity contribution in [1.82, 2.24) is 0 Å². The van der Waals surface area contributed by atoms with E-state index in [1.54, 1.807) is 12.1 Å². The van der Waals surface area contributed by atoms with Gasteiger partial charge in [-0.05, 0) is 60.7 Å². The molecule has 1 nitrogen and oxygen atoms in total. The van der Waals surface area contributed by atoms with Gasteiger partial charge in [0.25, 0.3) is 0 Å². The van der Waals surface area contributed by atoms with Crippen molar-refractivity contribution in [2.45, 2.75) is 32.8 Å². The van der Waals surface area contributed by atoms with Crippen molar-refractivity contribution in [2.24, 2.45) is 0 Å². The van der Waals surface area contributed by atoms with Crippen LogP contribution < -0.4 is 0 Å². The molecule has 3 heteroatoms. The highest BCUT2D eigenvalue weighted by Gasteiger charge is 2.10. The summed E-state index contributed by atoms with van der Waals surface area (Å²) in [5.74, 6) is 0. The molecule has 1 N–H and O–H groups in total. The first-order valence-electron chi connectivity index (χ1n) is 6.64. The SMILES string of the molecule is Cc1ccc(CC(O)Cc2cc(Cl)ccc2Cl)cc1C. The lowest BCUT2D eigenvalue weighted by Crippen LogP contribution is -2.14. The molecular weight excluding hydrogens is 291 g/mol. The van der Waals surface area contributed by atoms with Gasteiger partial charge in [0.2, 0.25) is 0 Å². The summed E-state index contributed by atoms with van der Waals surface area (Å²) >= 11 is 12.1. The Hall–Kier alpha value is -1.02. The molecule has 2 aromatic carbocycles. The van der Waals surface area contributed by atoms with E-state index < -0.39 is 6.10 Å². The zero-order valence-electron chi connectivity index (χ0n) is 11.7. The molecule has 106 valence electrons. The van der Waals surface area contributed by atoms with E-state index in [9.17, 15) is 5.11 Å². The van der Waals surface area contributed by atoms with Crippen LogP contribution in [0.5, 0.6) is 0 Å². The summed E-state index contributed by atoms with van der Waals surface area (Å²) in [6.45, 7) is 4.17. The molecule has 0 amide bonds. The molecule has 0 heterocycles. The van der Waals surface area contributed by atoms with Gasteiger partial charge in [-0.15, -0.1) is 0 Å². The molecule has 0 saturated carbocycles. The molecule has 0 aromatic heterocycles. The van der Waals surface area contributed by atoms with Crippen molar-refractivity contribution >= 4 is 23.2 Å². The van der Waals surface area contributed by atoms with Gasteiger partial charge >= 0.3 is 0 Å². The Morgan fingerprint density at radius 2 is 1.70 bits per heavy atom. The second-order valence-electron chi connectivity index (χ2n) is 5.22. The van der Waals surface area contributed by atoms with Gasteiger partial charge in [-0.3, -0.25) is 0 Å². The van der Waals surface area contributed by atoms with Crippen LogP contribution in [0.4, 0.5) is 0 Å². The molecule has 0 fully saturated rings. The third-order valence-corrected chi connectivity index (χ3v) is 4.11. The number of hydrogen-bond donors (Lipinski definition) is 1. The number of aryl methyl sites for hydroxylation is 2. The van der Waals surface area contributed by atoms with E-state index in [4.69, 9.17) is 23.2 Å². The number of halogens is 2. The van der Waals surface area contributed by atoms with Crippen molar-refractivity contribution < 1.29 is 5.11 Å². The van der Waals surface area contributed by atoms with Gasteiger partial charge in [0.05, 0.1) is 6.10 Å². The minimum Gasteiger partial charge on any atom is -0.392 e. The van der Waals surface area contributed by atoms with E-state index in [2.05, 4.69) is 32.0 Å². The molecule has 1 unspecified atom stereocenters. The summed E-state index contributed by atoms with van der Waals surface area (Å²) in [4.78, 5) is 0. The Bertz CT molecular complexity index is 608. The zero-order valence-corrected chi connectivity index (χ0v) is 13.2. The second kappa shape index (κ2) is 6.62. The lowest BCUT2D eigenvalue weighted by molar-refractivity contribution is 0.175. The fourth-order valence-electron chi connectivity index (χ4n) is 2.23. The average molecular weight is 309 g/mol. The maximum atomic E-state index is 10.2. The van der Waals surface area contributed by atoms with Crippen LogP contribution in [0.2, 0.25) is 10.0 Å². The smallest absolute Gasteiger partial charge is 0.0621 e. The maximum absolute atomic E-state index is 10.2. The molecule has 1 atom stereocenters. The van der Waals surface area contributed by atoms with Gasteiger partial charge in [0.1, 0.15) is 0 Å². The van der Waals surface area contributed by atoms with E-state index in [0.29, 0.717) is 22.9 Å². The van der Waals surface area contributed by atoms with E-state index in [0.717, 1.165) is 11.1 Å². The van der Waals surface area contributed by atoms with Gasteiger partial charge in [0, 0.05) is 16.5 Å². The number of hydrogen-bond acceptors (Lipinski definition) is 1. The maximum Gasteiger partial charge on any atom is 0.0621 e. The molecule has 20 heavy (non-hydrogen) atoms. The Labute approximate surface area is 130 Å². The van der Waals surface area contributed by atoms with Gasteiger partial charge in [-0.1, -0.05) is 41.4 Å². The Morgan fingerprint density at radius 1 is 0.950 bits per heavy atom. The lowest BCUT2D eigenvalue weighted by Gasteiger charge is -2.13. The molecule has 0 bridgehead atoms. The Morgan fingerprint density at radius 3 is 2.40 bits per heavy atom. The molecule has 0 spiro atoms. The Balaban J connectivity index is 2.06. The highest BCUT2D eigenvalue weighted by Crippen LogP contribution is 2.23. The second-order valence-corrected chi connectivity index (χ2v) is 6.06. The van der Waals surface area contributed by atoms with E-state index >= 15 is 0 Å². The number of aliphatic hydroxyl groups excluding tert-OH is 1. The summed E-state index contributed by atoms with van der Waals surface area (Å²) in [6, 6.07) is 11.6. The fraction of sp³-hybridized carbons (Fsp3) is 0.294. The standard InChI is InChI=1S/C17H18Cl2O/c1-11-3-4-13(7-12(11)2)8-16(20)10-14-9-15(18)5-6-17(14)19/h3-7,9,16,20H,8,10H2,1-2H3. The van der Waals surface area contributed by atoms with Gasteiger partial charge in [0.15, 0.2) is 0 Å². The molecular formula is C17H18Cl2O. The van der Waals surface area contributed by atoms with Crippen LogP contribution in [-0.4, -0.2) is 11.2 Å². The summed E-state index contributed by atoms with van der Waals surface area (Å²) in [6.07, 6.45) is 0.657. The largest absolute Gasteiger partial charge is 0.392 e. The van der Waals surface area contributed by atoms with Crippen LogP contribution in [0.25, 0.3) is 0 Å². The number of benzene rings is 2. The van der Waals surface area contributed by atoms with E-state index in [-0.39, 0.29) is 0 Å². The minimum atomic E-state index is -0.465. The van der Waals surface area contributed by atoms with Gasteiger partial charge in [-0.2, -0.15) is 0 Å². The van der Waals surface area contributed by atoms with Crippen molar-refractivity contribution in [2.75, 3.05) is 0 Å². The third-order valence-electron chi connectivity index (χ3n) is 3.51. The Kier molecular flexibility index (Phi) is 5.09. The van der Waals surface area contributed by atoms with Gasteiger partial charge < -0.3 is 5.11 Å². The summed E-state index contributed by atoms with van der Waals surface area (Å²) in [7, 11) is 0. The number of rotatable bonds is 4. The molecule has 0 radical (unpaired) electrons. The van der Waals surface area contributed by atoms with Crippen LogP contribution in [0.1, 0.15) is 22.3 Å². The lowest BCUT2D eigenvalue weighted by atomic mass is 9.98. The predicted molar refractivity (Wildman–Crippen MR) is 85.8 cm³/mol. The van der Waals surface area contributed by atoms with Crippen molar-refractivity contribution in [3.8, 4) is 0 Å². The molecule has 2 aromatic rings. The fourth-order valence-corrected chi connectivity index (χ4v) is 2.62. The minimum absolute atomic E-state index is 0.465. The summed E-state index contributed by atoms with van der Waals surface area (Å²) < 4.78 is 0. The average Bonchev–Trinajstić information content (AvgIpc) is 2.38. The van der Waals surface area contributed by atoms with Gasteiger partial charge in [-0.25, -0.2) is 0 Å². The third kappa shape index (κ3) is 3.99. The van der Waals surface area contributed by atoms with Crippen LogP contribution in [0.15, 0.2) is 36.4 Å². The van der Waals surface area contributed by atoms with E-state index in [1.165, 1.54) is 11.1 Å². The van der Waals surface area contributed by atoms with Crippen LogP contribution >= 0.6 is 23.2 Å². The topological polar surface area (TPSA) is 20.2 Å². The normalized spacial score (nSPS) is 12.4. The van der Waals surface area contributed by atoms with Crippen LogP contribution in [0.3, 0.4) is 0 Å². The summed E-state index contributed by atoms with van der Waals surface area (Å²) in [5.41, 5.74) is 4.53. The first-order valence-corrected chi connectivity index (χ1v) is 7.39. The summed E-state index contributed by atoms with van der Waals surface area (Å²) in [5, 5.41) is 11.5. The van der Waals surface area contributed by atoms with Crippen LogP contribution in [0, 0.1) is 13.8 Å². The quantitative estimate of drug-likeness (QED) is 0.863. The van der Waals surface area contributed by atoms with E-state index in [1.807, 2.05) is 6.07 Å². The molecule has 0 aliphatic carbocycles. The monoisotopic (exact) mass is 308 g/mol.